The van der Waals surface area contributed by atoms with Gasteiger partial charge in [-0.05, 0) is 18.3 Å². The highest BCUT2D eigenvalue weighted by Gasteiger charge is 2.41. The minimum absolute atomic E-state index is 0.0242. The number of amides is 2. The minimum Gasteiger partial charge on any atom is -0.342 e. The monoisotopic (exact) mass is 282 g/mol. The number of carbonyl (C=O) groups is 2. The fraction of sp³-hybridized carbons (Fsp3) is 0.875. The summed E-state index contributed by atoms with van der Waals surface area (Å²) in [5, 5.41) is 2.91. The molecule has 1 saturated heterocycles. The van der Waals surface area contributed by atoms with Crippen LogP contribution < -0.4 is 5.32 Å². The second-order valence-corrected chi connectivity index (χ2v) is 6.21. The molecule has 1 heterocycles. The van der Waals surface area contributed by atoms with Gasteiger partial charge in [0.2, 0.25) is 11.8 Å². The molecule has 1 aliphatic rings. The Morgan fingerprint density at radius 3 is 2.20 bits per heavy atom. The molecule has 0 aromatic rings. The number of piperazine rings is 1. The lowest BCUT2D eigenvalue weighted by atomic mass is 9.93. The van der Waals surface area contributed by atoms with Crippen LogP contribution >= 0.6 is 0 Å². The summed E-state index contributed by atoms with van der Waals surface area (Å²) in [5.41, 5.74) is 0. The van der Waals surface area contributed by atoms with Crippen LogP contribution in [0.5, 0.6) is 0 Å². The topological polar surface area (TPSA) is 49.4 Å². The maximum atomic E-state index is 12.7. The van der Waals surface area contributed by atoms with Crippen molar-refractivity contribution in [3.8, 4) is 0 Å². The first-order valence-electron chi connectivity index (χ1n) is 8.06. The molecule has 0 bridgehead atoms. The standard InChI is InChI=1S/C16H30N2O2/c1-6-9-13-15(19)17-14(11(4)5)16(20)18(13)10-12(7-2)8-3/h11-14H,6-10H2,1-5H3,(H,17,19). The lowest BCUT2D eigenvalue weighted by molar-refractivity contribution is -0.151. The van der Waals surface area contributed by atoms with Crippen LogP contribution in [0.4, 0.5) is 0 Å². The molecule has 4 heteroatoms. The first-order chi connectivity index (χ1) is 9.46. The summed E-state index contributed by atoms with van der Waals surface area (Å²) in [6.07, 6.45) is 3.76. The molecular formula is C16H30N2O2. The summed E-state index contributed by atoms with van der Waals surface area (Å²) in [5.74, 6) is 0.747. The van der Waals surface area contributed by atoms with Crippen molar-refractivity contribution in [2.45, 2.75) is 72.4 Å². The van der Waals surface area contributed by atoms with E-state index in [0.717, 1.165) is 25.7 Å². The van der Waals surface area contributed by atoms with Gasteiger partial charge >= 0.3 is 0 Å². The molecule has 116 valence electrons. The van der Waals surface area contributed by atoms with Crippen molar-refractivity contribution in [1.29, 1.82) is 0 Å². The van der Waals surface area contributed by atoms with E-state index in [1.165, 1.54) is 0 Å². The third kappa shape index (κ3) is 3.74. The van der Waals surface area contributed by atoms with Crippen LogP contribution in [0.2, 0.25) is 0 Å². The van der Waals surface area contributed by atoms with Gasteiger partial charge in [0, 0.05) is 6.54 Å². The summed E-state index contributed by atoms with van der Waals surface area (Å²) >= 11 is 0. The summed E-state index contributed by atoms with van der Waals surface area (Å²) in [6.45, 7) is 11.0. The van der Waals surface area contributed by atoms with E-state index in [-0.39, 0.29) is 29.8 Å². The molecular weight excluding hydrogens is 252 g/mol. The highest BCUT2D eigenvalue weighted by Crippen LogP contribution is 2.22. The summed E-state index contributed by atoms with van der Waals surface area (Å²) in [6, 6.07) is -0.631. The Kier molecular flexibility index (Phi) is 6.50. The molecule has 1 aliphatic heterocycles. The number of nitrogens with one attached hydrogen (secondary N) is 1. The van der Waals surface area contributed by atoms with Gasteiger partial charge in [-0.2, -0.15) is 0 Å². The van der Waals surface area contributed by atoms with Crippen LogP contribution in [0.3, 0.4) is 0 Å². The quantitative estimate of drug-likeness (QED) is 0.780. The number of hydrogen-bond donors (Lipinski definition) is 1. The molecule has 4 nitrogen and oxygen atoms in total. The molecule has 1 rings (SSSR count). The predicted octanol–water partition coefficient (Wildman–Crippen LogP) is 2.57. The number of nitrogens with zero attached hydrogens (tertiary/aromatic N) is 1. The smallest absolute Gasteiger partial charge is 0.246 e. The Bertz CT molecular complexity index is 337. The molecule has 0 saturated carbocycles. The van der Waals surface area contributed by atoms with Crippen molar-refractivity contribution in [3.05, 3.63) is 0 Å². The average molecular weight is 282 g/mol. The largest absolute Gasteiger partial charge is 0.342 e. The van der Waals surface area contributed by atoms with Crippen molar-refractivity contribution in [2.24, 2.45) is 11.8 Å². The Labute approximate surface area is 123 Å². The van der Waals surface area contributed by atoms with Gasteiger partial charge < -0.3 is 10.2 Å². The van der Waals surface area contributed by atoms with Gasteiger partial charge in [0.05, 0.1) is 0 Å². The lowest BCUT2D eigenvalue weighted by Gasteiger charge is -2.41. The lowest BCUT2D eigenvalue weighted by Crippen LogP contribution is -2.65. The molecule has 0 aliphatic carbocycles. The molecule has 20 heavy (non-hydrogen) atoms. The molecule has 2 amide bonds. The highest BCUT2D eigenvalue weighted by atomic mass is 16.2. The van der Waals surface area contributed by atoms with Crippen molar-refractivity contribution in [2.75, 3.05) is 6.54 Å². The van der Waals surface area contributed by atoms with Crippen LogP contribution in [-0.4, -0.2) is 35.3 Å². The summed E-state index contributed by atoms with van der Waals surface area (Å²) in [7, 11) is 0. The minimum atomic E-state index is -0.357. The Balaban J connectivity index is 2.94. The van der Waals surface area contributed by atoms with Gasteiger partial charge in [-0.3, -0.25) is 9.59 Å². The van der Waals surface area contributed by atoms with E-state index in [2.05, 4.69) is 26.1 Å². The molecule has 0 aromatic heterocycles. The first-order valence-corrected chi connectivity index (χ1v) is 8.06. The zero-order valence-electron chi connectivity index (χ0n) is 13.6. The molecule has 0 spiro atoms. The van der Waals surface area contributed by atoms with Crippen molar-refractivity contribution >= 4 is 11.8 Å². The average Bonchev–Trinajstić information content (AvgIpc) is 2.42. The second-order valence-electron chi connectivity index (χ2n) is 6.21. The second kappa shape index (κ2) is 7.65. The van der Waals surface area contributed by atoms with Gasteiger partial charge in [0.1, 0.15) is 12.1 Å². The van der Waals surface area contributed by atoms with E-state index in [4.69, 9.17) is 0 Å². The summed E-state index contributed by atoms with van der Waals surface area (Å²) in [4.78, 5) is 26.8. The van der Waals surface area contributed by atoms with E-state index in [1.54, 1.807) is 0 Å². The Hall–Kier alpha value is -1.06. The maximum Gasteiger partial charge on any atom is 0.246 e. The van der Waals surface area contributed by atoms with Crippen molar-refractivity contribution in [1.82, 2.24) is 10.2 Å². The van der Waals surface area contributed by atoms with Crippen LogP contribution in [0.1, 0.15) is 60.3 Å². The van der Waals surface area contributed by atoms with Crippen LogP contribution in [0.15, 0.2) is 0 Å². The van der Waals surface area contributed by atoms with Gasteiger partial charge in [-0.25, -0.2) is 0 Å². The predicted molar refractivity (Wildman–Crippen MR) is 81.2 cm³/mol. The van der Waals surface area contributed by atoms with Crippen LogP contribution in [0, 0.1) is 11.8 Å². The van der Waals surface area contributed by atoms with Crippen molar-refractivity contribution < 1.29 is 9.59 Å². The zero-order valence-corrected chi connectivity index (χ0v) is 13.6. The summed E-state index contributed by atoms with van der Waals surface area (Å²) < 4.78 is 0. The van der Waals surface area contributed by atoms with E-state index in [0.29, 0.717) is 12.5 Å². The van der Waals surface area contributed by atoms with Gasteiger partial charge in [-0.1, -0.05) is 53.9 Å². The van der Waals surface area contributed by atoms with Crippen molar-refractivity contribution in [3.63, 3.8) is 0 Å². The molecule has 0 radical (unpaired) electrons. The molecule has 2 atom stereocenters. The van der Waals surface area contributed by atoms with E-state index in [1.807, 2.05) is 18.7 Å². The van der Waals surface area contributed by atoms with Gasteiger partial charge in [-0.15, -0.1) is 0 Å². The fourth-order valence-corrected chi connectivity index (χ4v) is 2.84. The Morgan fingerprint density at radius 1 is 1.15 bits per heavy atom. The molecule has 2 unspecified atom stereocenters. The van der Waals surface area contributed by atoms with E-state index < -0.39 is 0 Å². The highest BCUT2D eigenvalue weighted by molar-refractivity contribution is 5.97. The normalized spacial score (nSPS) is 23.6. The van der Waals surface area contributed by atoms with E-state index >= 15 is 0 Å². The maximum absolute atomic E-state index is 12.7. The number of carbonyl (C=O) groups excluding carboxylic acids is 2. The third-order valence-corrected chi connectivity index (χ3v) is 4.36. The fourth-order valence-electron chi connectivity index (χ4n) is 2.84. The number of rotatable bonds is 7. The molecule has 1 fully saturated rings. The SMILES string of the molecule is CCCC1C(=O)NC(C(C)C)C(=O)N1CC(CC)CC. The number of hydrogen-bond acceptors (Lipinski definition) is 2. The van der Waals surface area contributed by atoms with Gasteiger partial charge in [0.25, 0.3) is 0 Å². The Morgan fingerprint density at radius 2 is 1.75 bits per heavy atom. The van der Waals surface area contributed by atoms with Crippen LogP contribution in [0.25, 0.3) is 0 Å². The zero-order chi connectivity index (χ0) is 15.3. The first kappa shape index (κ1) is 17.0. The third-order valence-electron chi connectivity index (χ3n) is 4.36. The van der Waals surface area contributed by atoms with Crippen LogP contribution in [-0.2, 0) is 9.59 Å². The molecule has 0 aromatic carbocycles. The van der Waals surface area contributed by atoms with Gasteiger partial charge in [0.15, 0.2) is 0 Å². The molecule has 1 N–H and O–H groups in total. The van der Waals surface area contributed by atoms with E-state index in [9.17, 15) is 9.59 Å².